The molecule has 0 aromatic carbocycles. The fourth-order valence-electron chi connectivity index (χ4n) is 0.751. The van der Waals surface area contributed by atoms with E-state index >= 15 is 0 Å². The van der Waals surface area contributed by atoms with Crippen LogP contribution < -0.4 is 0 Å². The Kier molecular flexibility index (Phi) is 5.70. The van der Waals surface area contributed by atoms with Gasteiger partial charge in [-0.3, -0.25) is 0 Å². The molecule has 0 N–H and O–H groups in total. The highest BCUT2D eigenvalue weighted by Gasteiger charge is 1.90. The first-order valence-corrected chi connectivity index (χ1v) is 3.71. The maximum absolute atomic E-state index is 3.91. The van der Waals surface area contributed by atoms with Crippen molar-refractivity contribution in [2.45, 2.75) is 33.1 Å². The van der Waals surface area contributed by atoms with Gasteiger partial charge in [-0.25, -0.2) is 0 Å². The van der Waals surface area contributed by atoms with E-state index in [1.54, 1.807) is 0 Å². The summed E-state index contributed by atoms with van der Waals surface area (Å²) in [6.45, 7) is 8.14. The molecule has 0 saturated carbocycles. The lowest BCUT2D eigenvalue weighted by atomic mass is 10.1. The first-order chi connectivity index (χ1) is 4.27. The highest BCUT2D eigenvalue weighted by atomic mass is 14.0. The lowest BCUT2D eigenvalue weighted by molar-refractivity contribution is 0.608. The fourth-order valence-corrected chi connectivity index (χ4v) is 0.751. The second-order valence-electron chi connectivity index (χ2n) is 2.61. The lowest BCUT2D eigenvalue weighted by Crippen LogP contribution is -1.85. The van der Waals surface area contributed by atoms with Crippen molar-refractivity contribution in [3.8, 4) is 0 Å². The topological polar surface area (TPSA) is 0 Å². The van der Waals surface area contributed by atoms with Gasteiger partial charge in [0, 0.05) is 0 Å². The van der Waals surface area contributed by atoms with Crippen LogP contribution >= 0.6 is 0 Å². The normalized spacial score (nSPS) is 11.6. The van der Waals surface area contributed by atoms with Gasteiger partial charge < -0.3 is 0 Å². The fraction of sp³-hybridized carbons (Fsp3) is 0.667. The summed E-state index contributed by atoms with van der Waals surface area (Å²) in [5.41, 5.74) is 0. The molecule has 1 unspecified atom stereocenters. The molecule has 0 aliphatic carbocycles. The molecule has 0 aromatic rings. The summed E-state index contributed by atoms with van der Waals surface area (Å²) in [7, 11) is 0. The van der Waals surface area contributed by atoms with Crippen LogP contribution in [-0.4, -0.2) is 0 Å². The number of unbranched alkanes of at least 4 members (excludes halogenated alkanes) is 1. The van der Waals surface area contributed by atoms with E-state index in [0.717, 1.165) is 0 Å². The van der Waals surface area contributed by atoms with Crippen molar-refractivity contribution in [1.29, 1.82) is 0 Å². The van der Waals surface area contributed by atoms with Crippen LogP contribution in [0.25, 0.3) is 0 Å². The summed E-state index contributed by atoms with van der Waals surface area (Å²) in [5.74, 6) is 0.621. The monoisotopic (exact) mass is 125 g/mol. The molecular formula is C9H17. The van der Waals surface area contributed by atoms with Crippen LogP contribution in [0.2, 0.25) is 0 Å². The Morgan fingerprint density at radius 1 is 1.56 bits per heavy atom. The molecule has 0 nitrogen and oxygen atoms in total. The Balaban J connectivity index is 2.91. The van der Waals surface area contributed by atoms with Crippen molar-refractivity contribution in [3.63, 3.8) is 0 Å². The molecular weight excluding hydrogens is 108 g/mol. The van der Waals surface area contributed by atoms with Gasteiger partial charge in [0.25, 0.3) is 0 Å². The van der Waals surface area contributed by atoms with E-state index in [0.29, 0.717) is 5.92 Å². The largest absolute Gasteiger partial charge is 0.0917 e. The van der Waals surface area contributed by atoms with Crippen molar-refractivity contribution >= 4 is 0 Å². The molecule has 0 heteroatoms. The van der Waals surface area contributed by atoms with E-state index in [2.05, 4.69) is 32.9 Å². The summed E-state index contributed by atoms with van der Waals surface area (Å²) in [5, 5.41) is 0. The Morgan fingerprint density at radius 2 is 2.22 bits per heavy atom. The Hall–Kier alpha value is -0.260. The van der Waals surface area contributed by atoms with Crippen molar-refractivity contribution in [2.75, 3.05) is 0 Å². The maximum Gasteiger partial charge on any atom is -0.0351 e. The van der Waals surface area contributed by atoms with Gasteiger partial charge in [0.15, 0.2) is 0 Å². The third-order valence-corrected chi connectivity index (χ3v) is 1.30. The minimum Gasteiger partial charge on any atom is -0.0917 e. The zero-order chi connectivity index (χ0) is 7.11. The third kappa shape index (κ3) is 7.74. The first kappa shape index (κ1) is 8.74. The van der Waals surface area contributed by atoms with Gasteiger partial charge in [-0.05, 0) is 25.7 Å². The molecule has 0 spiro atoms. The molecule has 1 atom stereocenters. The van der Waals surface area contributed by atoms with Gasteiger partial charge >= 0.3 is 0 Å². The molecule has 0 fully saturated rings. The summed E-state index contributed by atoms with van der Waals surface area (Å²) >= 11 is 0. The highest BCUT2D eigenvalue weighted by Crippen LogP contribution is 2.05. The van der Waals surface area contributed by atoms with Crippen molar-refractivity contribution in [3.05, 3.63) is 19.1 Å². The number of hydrogen-bond acceptors (Lipinski definition) is 0. The number of allylic oxidation sites excluding steroid dienone is 2. The van der Waals surface area contributed by atoms with Crippen LogP contribution in [-0.2, 0) is 0 Å². The van der Waals surface area contributed by atoms with Crippen LogP contribution in [0, 0.1) is 12.8 Å². The predicted molar refractivity (Wildman–Crippen MR) is 43.2 cm³/mol. The molecule has 1 radical (unpaired) electrons. The molecule has 0 amide bonds. The zero-order valence-corrected chi connectivity index (χ0v) is 6.56. The average Bonchev–Trinajstić information content (AvgIpc) is 1.80. The molecule has 0 aromatic heterocycles. The Morgan fingerprint density at radius 3 is 2.67 bits per heavy atom. The highest BCUT2D eigenvalue weighted by molar-refractivity contribution is 4.76. The average molecular weight is 125 g/mol. The smallest absolute Gasteiger partial charge is 0.0351 e. The molecule has 0 saturated heterocycles. The maximum atomic E-state index is 3.91. The van der Waals surface area contributed by atoms with Crippen LogP contribution in [0.15, 0.2) is 12.2 Å². The van der Waals surface area contributed by atoms with E-state index in [-0.39, 0.29) is 0 Å². The van der Waals surface area contributed by atoms with E-state index in [4.69, 9.17) is 0 Å². The minimum atomic E-state index is 0.621. The first-order valence-electron chi connectivity index (χ1n) is 3.71. The van der Waals surface area contributed by atoms with Crippen LogP contribution in [0.4, 0.5) is 0 Å². The molecule has 0 heterocycles. The molecule has 53 valence electrons. The van der Waals surface area contributed by atoms with E-state index in [1.165, 1.54) is 19.3 Å². The summed E-state index contributed by atoms with van der Waals surface area (Å²) in [6, 6.07) is 0. The number of hydrogen-bond donors (Lipinski definition) is 0. The minimum absolute atomic E-state index is 0.621. The molecule has 0 aliphatic rings. The molecule has 0 bridgehead atoms. The van der Waals surface area contributed by atoms with Crippen molar-refractivity contribution < 1.29 is 0 Å². The standard InChI is InChI=1S/C9H17/c1-4-5-6-7-8-9(2)3/h4-5,9H,2,6-8H2,1,3H3/b5-4+. The lowest BCUT2D eigenvalue weighted by Gasteiger charge is -1.99. The molecule has 9 heavy (non-hydrogen) atoms. The van der Waals surface area contributed by atoms with E-state index in [9.17, 15) is 0 Å². The number of rotatable bonds is 4. The van der Waals surface area contributed by atoms with E-state index in [1.807, 2.05) is 0 Å². The van der Waals surface area contributed by atoms with Gasteiger partial charge in [0.2, 0.25) is 0 Å². The van der Waals surface area contributed by atoms with E-state index < -0.39 is 0 Å². The Labute approximate surface area is 59.0 Å². The zero-order valence-electron chi connectivity index (χ0n) is 6.56. The summed E-state index contributed by atoms with van der Waals surface area (Å²) in [4.78, 5) is 0. The van der Waals surface area contributed by atoms with Gasteiger partial charge in [0.05, 0.1) is 0 Å². The van der Waals surface area contributed by atoms with Gasteiger partial charge in [-0.1, -0.05) is 32.4 Å². The Bertz CT molecular complexity index is 70.1. The van der Waals surface area contributed by atoms with Crippen LogP contribution in [0.1, 0.15) is 33.1 Å². The molecule has 0 aliphatic heterocycles. The summed E-state index contributed by atoms with van der Waals surface area (Å²) in [6.07, 6.45) is 8.08. The van der Waals surface area contributed by atoms with Gasteiger partial charge in [0.1, 0.15) is 0 Å². The van der Waals surface area contributed by atoms with Crippen LogP contribution in [0.5, 0.6) is 0 Å². The van der Waals surface area contributed by atoms with Crippen molar-refractivity contribution in [2.24, 2.45) is 5.92 Å². The third-order valence-electron chi connectivity index (χ3n) is 1.30. The van der Waals surface area contributed by atoms with Gasteiger partial charge in [-0.15, -0.1) is 0 Å². The predicted octanol–water partition coefficient (Wildman–Crippen LogP) is 3.20. The van der Waals surface area contributed by atoms with Crippen LogP contribution in [0.3, 0.4) is 0 Å². The van der Waals surface area contributed by atoms with Gasteiger partial charge in [-0.2, -0.15) is 0 Å². The summed E-state index contributed by atoms with van der Waals surface area (Å²) < 4.78 is 0. The SMILES string of the molecule is [CH2]C(C)CCC/C=C/C. The van der Waals surface area contributed by atoms with Crippen molar-refractivity contribution in [1.82, 2.24) is 0 Å². The quantitative estimate of drug-likeness (QED) is 0.400. The second kappa shape index (κ2) is 5.87. The second-order valence-corrected chi connectivity index (χ2v) is 2.61. The molecule has 0 rings (SSSR count).